The van der Waals surface area contributed by atoms with Gasteiger partial charge in [-0.15, -0.1) is 0 Å². The van der Waals surface area contributed by atoms with Crippen LogP contribution in [-0.4, -0.2) is 52.9 Å². The number of nitrogens with zero attached hydrogens (tertiary/aromatic N) is 2. The first-order chi connectivity index (χ1) is 10.9. The summed E-state index contributed by atoms with van der Waals surface area (Å²) >= 11 is 5.78. The number of rotatable bonds is 4. The van der Waals surface area contributed by atoms with Gasteiger partial charge in [0, 0.05) is 17.6 Å². The summed E-state index contributed by atoms with van der Waals surface area (Å²) in [6, 6.07) is 3.90. The minimum absolute atomic E-state index is 0.109. The highest BCUT2D eigenvalue weighted by molar-refractivity contribution is 6.30. The lowest BCUT2D eigenvalue weighted by Gasteiger charge is -2.35. The predicted molar refractivity (Wildman–Crippen MR) is 84.7 cm³/mol. The summed E-state index contributed by atoms with van der Waals surface area (Å²) < 4.78 is 4.90. The van der Waals surface area contributed by atoms with Crippen molar-refractivity contribution in [2.24, 2.45) is 0 Å². The normalized spacial score (nSPS) is 20.9. The second-order valence-electron chi connectivity index (χ2n) is 5.17. The maximum Gasteiger partial charge on any atom is 0.409 e. The fourth-order valence-electron chi connectivity index (χ4n) is 2.46. The van der Waals surface area contributed by atoms with Crippen molar-refractivity contribution in [1.82, 2.24) is 4.90 Å². The smallest absolute Gasteiger partial charge is 0.409 e. The van der Waals surface area contributed by atoms with Gasteiger partial charge in [0.1, 0.15) is 5.69 Å². The Labute approximate surface area is 138 Å². The number of amides is 1. The SMILES string of the molecule is CCOC(=O)N1CCC(Nc2ccc(Cl)cc2[N+](=O)[O-])C(O)C1. The first-order valence-electron chi connectivity index (χ1n) is 7.22. The molecule has 126 valence electrons. The van der Waals surface area contributed by atoms with Crippen LogP contribution in [0.4, 0.5) is 16.2 Å². The van der Waals surface area contributed by atoms with Gasteiger partial charge in [-0.1, -0.05) is 11.6 Å². The van der Waals surface area contributed by atoms with Gasteiger partial charge in [-0.3, -0.25) is 10.1 Å². The van der Waals surface area contributed by atoms with E-state index in [2.05, 4.69) is 5.32 Å². The highest BCUT2D eigenvalue weighted by atomic mass is 35.5. The van der Waals surface area contributed by atoms with E-state index in [9.17, 15) is 20.0 Å². The molecule has 1 saturated heterocycles. The van der Waals surface area contributed by atoms with Gasteiger partial charge in [0.15, 0.2) is 0 Å². The topological polar surface area (TPSA) is 105 Å². The van der Waals surface area contributed by atoms with Crippen LogP contribution < -0.4 is 5.32 Å². The molecule has 1 amide bonds. The first-order valence-corrected chi connectivity index (χ1v) is 7.60. The molecule has 1 aromatic rings. The Morgan fingerprint density at radius 2 is 2.35 bits per heavy atom. The van der Waals surface area contributed by atoms with Crippen LogP contribution in [0.5, 0.6) is 0 Å². The van der Waals surface area contributed by atoms with Crippen LogP contribution in [0.3, 0.4) is 0 Å². The molecule has 0 saturated carbocycles. The number of halogens is 1. The van der Waals surface area contributed by atoms with Crippen LogP contribution in [0, 0.1) is 10.1 Å². The number of piperidine rings is 1. The number of hydrogen-bond donors (Lipinski definition) is 2. The number of hydrogen-bond acceptors (Lipinski definition) is 6. The van der Waals surface area contributed by atoms with Crippen molar-refractivity contribution in [1.29, 1.82) is 0 Å². The third-order valence-electron chi connectivity index (χ3n) is 3.61. The Morgan fingerprint density at radius 1 is 1.61 bits per heavy atom. The molecule has 2 atom stereocenters. The third-order valence-corrected chi connectivity index (χ3v) is 3.84. The van der Waals surface area contributed by atoms with E-state index in [1.807, 2.05) is 0 Å². The van der Waals surface area contributed by atoms with Crippen LogP contribution in [0.15, 0.2) is 18.2 Å². The molecule has 1 aliphatic heterocycles. The van der Waals surface area contributed by atoms with Gasteiger partial charge in [0.25, 0.3) is 5.69 Å². The van der Waals surface area contributed by atoms with E-state index < -0.39 is 23.2 Å². The highest BCUT2D eigenvalue weighted by Crippen LogP contribution is 2.29. The van der Waals surface area contributed by atoms with E-state index >= 15 is 0 Å². The molecule has 1 heterocycles. The predicted octanol–water partition coefficient (Wildman–Crippen LogP) is 2.25. The maximum absolute atomic E-state index is 11.7. The number of aliphatic hydroxyl groups excluding tert-OH is 1. The molecule has 1 fully saturated rings. The molecule has 23 heavy (non-hydrogen) atoms. The average Bonchev–Trinajstić information content (AvgIpc) is 2.50. The van der Waals surface area contributed by atoms with Gasteiger partial charge in [0.2, 0.25) is 0 Å². The number of likely N-dealkylation sites (tertiary alicyclic amines) is 1. The molecule has 1 aliphatic rings. The van der Waals surface area contributed by atoms with Crippen molar-refractivity contribution in [3.63, 3.8) is 0 Å². The summed E-state index contributed by atoms with van der Waals surface area (Å²) in [6.07, 6.45) is -0.884. The van der Waals surface area contributed by atoms with Gasteiger partial charge in [-0.2, -0.15) is 0 Å². The number of anilines is 1. The zero-order valence-corrected chi connectivity index (χ0v) is 13.3. The molecule has 8 nitrogen and oxygen atoms in total. The second kappa shape index (κ2) is 7.47. The molecule has 0 radical (unpaired) electrons. The molecule has 2 rings (SSSR count). The average molecular weight is 344 g/mol. The number of nitro groups is 1. The summed E-state index contributed by atoms with van der Waals surface area (Å²) in [6.45, 7) is 2.49. The van der Waals surface area contributed by atoms with Crippen LogP contribution in [-0.2, 0) is 4.74 Å². The van der Waals surface area contributed by atoms with Gasteiger partial charge in [-0.25, -0.2) is 4.79 Å². The molecule has 0 aliphatic carbocycles. The maximum atomic E-state index is 11.7. The second-order valence-corrected chi connectivity index (χ2v) is 5.61. The fraction of sp³-hybridized carbons (Fsp3) is 0.500. The van der Waals surface area contributed by atoms with Crippen molar-refractivity contribution >= 4 is 29.1 Å². The van der Waals surface area contributed by atoms with E-state index in [1.165, 1.54) is 23.1 Å². The quantitative estimate of drug-likeness (QED) is 0.641. The standard InChI is InChI=1S/C14H18ClN3O5/c1-2-23-14(20)17-6-5-11(13(19)8-17)16-10-4-3-9(15)7-12(10)18(21)22/h3-4,7,11,13,16,19H,2,5-6,8H2,1H3. The van der Waals surface area contributed by atoms with Crippen LogP contribution in [0.2, 0.25) is 5.02 Å². The zero-order valence-electron chi connectivity index (χ0n) is 12.6. The van der Waals surface area contributed by atoms with Crippen molar-refractivity contribution < 1.29 is 19.6 Å². The number of benzene rings is 1. The Kier molecular flexibility index (Phi) is 5.62. The molecule has 0 spiro atoms. The van der Waals surface area contributed by atoms with Crippen molar-refractivity contribution in [2.45, 2.75) is 25.5 Å². The zero-order chi connectivity index (χ0) is 17.0. The molecule has 2 unspecified atom stereocenters. The Balaban J connectivity index is 2.05. The minimum Gasteiger partial charge on any atom is -0.450 e. The van der Waals surface area contributed by atoms with Crippen molar-refractivity contribution in [3.8, 4) is 0 Å². The lowest BCUT2D eigenvalue weighted by Crippen LogP contribution is -2.51. The number of carbonyl (C=O) groups excluding carboxylic acids is 1. The number of aliphatic hydroxyl groups is 1. The summed E-state index contributed by atoms with van der Waals surface area (Å²) in [4.78, 5) is 23.6. The summed E-state index contributed by atoms with van der Waals surface area (Å²) in [7, 11) is 0. The number of β-amino-alcohol motifs (C(OH)–C–C–N with tert-alkyl or cyclic N) is 1. The minimum atomic E-state index is -0.858. The number of ether oxygens (including phenoxy) is 1. The van der Waals surface area contributed by atoms with E-state index in [1.54, 1.807) is 6.92 Å². The lowest BCUT2D eigenvalue weighted by molar-refractivity contribution is -0.384. The third kappa shape index (κ3) is 4.23. The first kappa shape index (κ1) is 17.3. The number of nitro benzene ring substituents is 1. The van der Waals surface area contributed by atoms with Gasteiger partial charge >= 0.3 is 6.09 Å². The molecular weight excluding hydrogens is 326 g/mol. The van der Waals surface area contributed by atoms with E-state index in [4.69, 9.17) is 16.3 Å². The van der Waals surface area contributed by atoms with E-state index in [-0.39, 0.29) is 29.5 Å². The Hall–Kier alpha value is -2.06. The largest absolute Gasteiger partial charge is 0.450 e. The molecule has 0 bridgehead atoms. The molecule has 9 heteroatoms. The molecule has 1 aromatic carbocycles. The molecule has 0 aromatic heterocycles. The van der Waals surface area contributed by atoms with Gasteiger partial charge in [0.05, 0.1) is 30.2 Å². The fourth-order valence-corrected chi connectivity index (χ4v) is 2.62. The van der Waals surface area contributed by atoms with E-state index in [0.717, 1.165) is 0 Å². The van der Waals surface area contributed by atoms with Crippen molar-refractivity contribution in [2.75, 3.05) is 25.0 Å². The van der Waals surface area contributed by atoms with E-state index in [0.29, 0.717) is 13.0 Å². The summed E-state index contributed by atoms with van der Waals surface area (Å²) in [5.41, 5.74) is 0.130. The molecular formula is C14H18ClN3O5. The summed E-state index contributed by atoms with van der Waals surface area (Å²) in [5.74, 6) is 0. The van der Waals surface area contributed by atoms with Crippen LogP contribution in [0.25, 0.3) is 0 Å². The monoisotopic (exact) mass is 343 g/mol. The van der Waals surface area contributed by atoms with Gasteiger partial charge in [-0.05, 0) is 25.5 Å². The highest BCUT2D eigenvalue weighted by Gasteiger charge is 2.32. The Morgan fingerprint density at radius 3 is 2.96 bits per heavy atom. The lowest BCUT2D eigenvalue weighted by atomic mass is 10.0. The van der Waals surface area contributed by atoms with Crippen molar-refractivity contribution in [3.05, 3.63) is 33.3 Å². The van der Waals surface area contributed by atoms with Crippen LogP contribution >= 0.6 is 11.6 Å². The van der Waals surface area contributed by atoms with Gasteiger partial charge < -0.3 is 20.1 Å². The molecule has 2 N–H and O–H groups in total. The number of carbonyl (C=O) groups is 1. The Bertz CT molecular complexity index is 598. The van der Waals surface area contributed by atoms with Crippen LogP contribution in [0.1, 0.15) is 13.3 Å². The number of nitrogens with one attached hydrogen (secondary N) is 1. The summed E-state index contributed by atoms with van der Waals surface area (Å²) in [5, 5.41) is 24.5.